The second kappa shape index (κ2) is 5.65. The van der Waals surface area contributed by atoms with Gasteiger partial charge in [-0.1, -0.05) is 0 Å². The molecule has 1 radical (unpaired) electrons. The highest BCUT2D eigenvalue weighted by Crippen LogP contribution is 2.08. The number of hydrogen-bond donors (Lipinski definition) is 2. The fourth-order valence-corrected chi connectivity index (χ4v) is 1.07. The van der Waals surface area contributed by atoms with Gasteiger partial charge in [0.05, 0.1) is 6.42 Å². The predicted molar refractivity (Wildman–Crippen MR) is 56.7 cm³/mol. The molecule has 0 atom stereocenters. The van der Waals surface area contributed by atoms with Crippen molar-refractivity contribution in [2.24, 2.45) is 0 Å². The van der Waals surface area contributed by atoms with Gasteiger partial charge in [0.15, 0.2) is 0 Å². The average molecular weight is 220 g/mol. The van der Waals surface area contributed by atoms with Crippen molar-refractivity contribution in [3.05, 3.63) is 29.8 Å². The minimum absolute atomic E-state index is 0.0725. The Balaban J connectivity index is 2.49. The number of hydrogen-bond acceptors (Lipinski definition) is 3. The van der Waals surface area contributed by atoms with Crippen molar-refractivity contribution in [2.75, 3.05) is 5.32 Å². The highest BCUT2D eigenvalue weighted by atomic mass is 16.4. The van der Waals surface area contributed by atoms with Crippen LogP contribution in [0.15, 0.2) is 24.3 Å². The summed E-state index contributed by atoms with van der Waals surface area (Å²) in [7, 11) is 0. The van der Waals surface area contributed by atoms with E-state index < -0.39 is 5.97 Å². The highest BCUT2D eigenvalue weighted by molar-refractivity contribution is 5.92. The van der Waals surface area contributed by atoms with Gasteiger partial charge in [-0.2, -0.15) is 0 Å². The van der Waals surface area contributed by atoms with Crippen molar-refractivity contribution in [1.29, 1.82) is 0 Å². The van der Waals surface area contributed by atoms with Gasteiger partial charge in [-0.25, -0.2) is 0 Å². The summed E-state index contributed by atoms with van der Waals surface area (Å²) < 4.78 is 0. The molecule has 0 fully saturated rings. The third kappa shape index (κ3) is 3.91. The molecule has 5 nitrogen and oxygen atoms in total. The van der Waals surface area contributed by atoms with E-state index in [-0.39, 0.29) is 18.7 Å². The molecule has 0 aliphatic carbocycles. The number of carboxylic acids is 1. The predicted octanol–water partition coefficient (Wildman–Crippen LogP) is 0.948. The van der Waals surface area contributed by atoms with Gasteiger partial charge < -0.3 is 10.4 Å². The summed E-state index contributed by atoms with van der Waals surface area (Å²) in [6.07, 6.45) is 1.43. The summed E-state index contributed by atoms with van der Waals surface area (Å²) in [5.74, 6) is -1.38. The lowest BCUT2D eigenvalue weighted by atomic mass is 10.2. The van der Waals surface area contributed by atoms with Crippen LogP contribution in [0.1, 0.15) is 18.4 Å². The first-order valence-electron chi connectivity index (χ1n) is 4.61. The Hall–Kier alpha value is -2.17. The molecule has 1 aromatic carbocycles. The van der Waals surface area contributed by atoms with Crippen molar-refractivity contribution in [3.63, 3.8) is 0 Å². The van der Waals surface area contributed by atoms with Gasteiger partial charge in [0.2, 0.25) is 12.2 Å². The molecule has 0 bridgehead atoms. The van der Waals surface area contributed by atoms with Crippen molar-refractivity contribution >= 4 is 23.9 Å². The fraction of sp³-hybridized carbons (Fsp3) is 0.182. The van der Waals surface area contributed by atoms with E-state index >= 15 is 0 Å². The van der Waals surface area contributed by atoms with Crippen LogP contribution in [-0.4, -0.2) is 23.3 Å². The quantitative estimate of drug-likeness (QED) is 0.773. The first-order valence-corrected chi connectivity index (χ1v) is 4.61. The first kappa shape index (κ1) is 11.9. The molecule has 1 rings (SSSR count). The molecular weight excluding hydrogens is 210 g/mol. The number of rotatable bonds is 5. The summed E-state index contributed by atoms with van der Waals surface area (Å²) >= 11 is 0. The Morgan fingerprint density at radius 2 is 1.81 bits per heavy atom. The third-order valence-corrected chi connectivity index (χ3v) is 1.85. The molecule has 2 N–H and O–H groups in total. The van der Waals surface area contributed by atoms with Crippen LogP contribution in [0.4, 0.5) is 5.69 Å². The van der Waals surface area contributed by atoms with E-state index in [4.69, 9.17) is 5.11 Å². The molecular formula is C11H10NO4. The molecule has 83 valence electrons. The van der Waals surface area contributed by atoms with Gasteiger partial charge in [-0.3, -0.25) is 14.4 Å². The Kier molecular flexibility index (Phi) is 4.20. The summed E-state index contributed by atoms with van der Waals surface area (Å²) in [5.41, 5.74) is 0.915. The van der Waals surface area contributed by atoms with Crippen LogP contribution in [0.3, 0.4) is 0 Å². The molecule has 1 amide bonds. The van der Waals surface area contributed by atoms with Gasteiger partial charge in [0.25, 0.3) is 0 Å². The molecule has 0 aromatic heterocycles. The van der Waals surface area contributed by atoms with Gasteiger partial charge in [0, 0.05) is 17.7 Å². The van der Waals surface area contributed by atoms with Crippen molar-refractivity contribution in [3.8, 4) is 0 Å². The summed E-state index contributed by atoms with van der Waals surface area (Å²) in [5, 5.41) is 10.9. The second-order valence-corrected chi connectivity index (χ2v) is 3.12. The van der Waals surface area contributed by atoms with Gasteiger partial charge in [-0.05, 0) is 24.3 Å². The van der Waals surface area contributed by atoms with E-state index in [2.05, 4.69) is 5.32 Å². The summed E-state index contributed by atoms with van der Waals surface area (Å²) in [4.78, 5) is 31.7. The number of benzene rings is 1. The van der Waals surface area contributed by atoms with Gasteiger partial charge in [-0.15, -0.1) is 0 Å². The van der Waals surface area contributed by atoms with E-state index in [0.717, 1.165) is 0 Å². The SMILES string of the molecule is O=[C]c1ccc(NC(=O)CCC(=O)O)cc1. The van der Waals surface area contributed by atoms with Crippen LogP contribution >= 0.6 is 0 Å². The molecule has 0 spiro atoms. The van der Waals surface area contributed by atoms with Crippen LogP contribution in [0.2, 0.25) is 0 Å². The van der Waals surface area contributed by atoms with E-state index in [9.17, 15) is 14.4 Å². The first-order chi connectivity index (χ1) is 7.61. The Bertz CT molecular complexity index is 397. The monoisotopic (exact) mass is 220 g/mol. The molecule has 0 aliphatic rings. The minimum Gasteiger partial charge on any atom is -0.481 e. The molecule has 0 aliphatic heterocycles. The largest absolute Gasteiger partial charge is 0.481 e. The highest BCUT2D eigenvalue weighted by Gasteiger charge is 2.05. The third-order valence-electron chi connectivity index (χ3n) is 1.85. The van der Waals surface area contributed by atoms with E-state index in [1.54, 1.807) is 18.4 Å². The number of aliphatic carboxylic acids is 1. The molecule has 0 unspecified atom stereocenters. The molecule has 0 heterocycles. The molecule has 0 saturated carbocycles. The zero-order valence-corrected chi connectivity index (χ0v) is 8.40. The zero-order valence-electron chi connectivity index (χ0n) is 8.40. The van der Waals surface area contributed by atoms with Crippen molar-refractivity contribution < 1.29 is 19.5 Å². The van der Waals surface area contributed by atoms with E-state index in [1.165, 1.54) is 12.1 Å². The molecule has 1 aromatic rings. The Labute approximate surface area is 92.1 Å². The van der Waals surface area contributed by atoms with E-state index in [1.807, 2.05) is 0 Å². The average Bonchev–Trinajstić information content (AvgIpc) is 2.27. The summed E-state index contributed by atoms with van der Waals surface area (Å²) in [6, 6.07) is 6.14. The van der Waals surface area contributed by atoms with Crippen LogP contribution in [0, 0.1) is 0 Å². The van der Waals surface area contributed by atoms with Crippen LogP contribution in [-0.2, 0) is 14.4 Å². The smallest absolute Gasteiger partial charge is 0.303 e. The van der Waals surface area contributed by atoms with Crippen molar-refractivity contribution in [1.82, 2.24) is 0 Å². The maximum atomic E-state index is 11.2. The lowest BCUT2D eigenvalue weighted by Crippen LogP contribution is -2.13. The van der Waals surface area contributed by atoms with Crippen LogP contribution in [0.25, 0.3) is 0 Å². The molecule has 0 saturated heterocycles. The van der Waals surface area contributed by atoms with Crippen LogP contribution in [0.5, 0.6) is 0 Å². The standard InChI is InChI=1S/C11H10NO4/c13-7-8-1-3-9(4-2-8)12-10(14)5-6-11(15)16/h1-4H,5-6H2,(H,12,14)(H,15,16). The van der Waals surface area contributed by atoms with Gasteiger partial charge >= 0.3 is 5.97 Å². The summed E-state index contributed by atoms with van der Waals surface area (Å²) in [6.45, 7) is 0. The van der Waals surface area contributed by atoms with Crippen molar-refractivity contribution in [2.45, 2.75) is 12.8 Å². The number of anilines is 1. The topological polar surface area (TPSA) is 83.5 Å². The minimum atomic E-state index is -1.01. The fourth-order valence-electron chi connectivity index (χ4n) is 1.07. The number of carboxylic acid groups (broad SMARTS) is 1. The second-order valence-electron chi connectivity index (χ2n) is 3.12. The number of nitrogens with one attached hydrogen (secondary N) is 1. The normalized spacial score (nSPS) is 9.50. The van der Waals surface area contributed by atoms with Gasteiger partial charge in [0.1, 0.15) is 0 Å². The van der Waals surface area contributed by atoms with E-state index in [0.29, 0.717) is 11.3 Å². The maximum Gasteiger partial charge on any atom is 0.303 e. The maximum absolute atomic E-state index is 11.2. The lowest BCUT2D eigenvalue weighted by Gasteiger charge is -2.03. The van der Waals surface area contributed by atoms with Crippen LogP contribution < -0.4 is 5.32 Å². The number of amides is 1. The zero-order chi connectivity index (χ0) is 12.0. The number of carbonyl (C=O) groups is 2. The molecule has 5 heteroatoms. The lowest BCUT2D eigenvalue weighted by molar-refractivity contribution is -0.138. The number of carbonyl (C=O) groups excluding carboxylic acids is 2. The molecule has 16 heavy (non-hydrogen) atoms. The Morgan fingerprint density at radius 3 is 2.31 bits per heavy atom. The Morgan fingerprint density at radius 1 is 1.19 bits per heavy atom.